The highest BCUT2D eigenvalue weighted by molar-refractivity contribution is 5.93. The molecule has 18 heavy (non-hydrogen) atoms. The quantitative estimate of drug-likeness (QED) is 0.854. The van der Waals surface area contributed by atoms with Gasteiger partial charge in [-0.25, -0.2) is 0 Å². The zero-order valence-corrected chi connectivity index (χ0v) is 10.6. The summed E-state index contributed by atoms with van der Waals surface area (Å²) in [6.07, 6.45) is 8.26. The number of carbonyl (C=O) groups is 1. The van der Waals surface area contributed by atoms with Gasteiger partial charge in [-0.15, -0.1) is 0 Å². The minimum absolute atomic E-state index is 0.0390. The molecule has 2 aliphatic carbocycles. The van der Waals surface area contributed by atoms with Gasteiger partial charge >= 0.3 is 0 Å². The SMILES string of the molecule is O=C(NC1(CO)CCCC1)c1cccn1C1CC1. The number of amides is 1. The molecular weight excluding hydrogens is 228 g/mol. The summed E-state index contributed by atoms with van der Waals surface area (Å²) in [5.41, 5.74) is 0.354. The van der Waals surface area contributed by atoms with Gasteiger partial charge in [0.2, 0.25) is 0 Å². The van der Waals surface area contributed by atoms with E-state index in [1.165, 1.54) is 12.8 Å². The highest BCUT2D eigenvalue weighted by Crippen LogP contribution is 2.36. The Hall–Kier alpha value is -1.29. The van der Waals surface area contributed by atoms with E-state index in [1.807, 2.05) is 18.3 Å². The molecule has 0 saturated heterocycles. The number of aliphatic hydroxyl groups excluding tert-OH is 1. The summed E-state index contributed by atoms with van der Waals surface area (Å²) < 4.78 is 2.06. The van der Waals surface area contributed by atoms with Gasteiger partial charge in [-0.05, 0) is 37.8 Å². The van der Waals surface area contributed by atoms with Crippen molar-refractivity contribution in [2.45, 2.75) is 50.1 Å². The van der Waals surface area contributed by atoms with Crippen LogP contribution in [-0.2, 0) is 0 Å². The second-order valence-corrected chi connectivity index (χ2v) is 5.63. The summed E-state index contributed by atoms with van der Waals surface area (Å²) in [7, 11) is 0. The van der Waals surface area contributed by atoms with Crippen molar-refractivity contribution in [3.05, 3.63) is 24.0 Å². The largest absolute Gasteiger partial charge is 0.394 e. The second-order valence-electron chi connectivity index (χ2n) is 5.63. The predicted molar refractivity (Wildman–Crippen MR) is 68.5 cm³/mol. The molecule has 0 unspecified atom stereocenters. The van der Waals surface area contributed by atoms with Gasteiger partial charge in [0.1, 0.15) is 5.69 Å². The van der Waals surface area contributed by atoms with E-state index in [9.17, 15) is 9.90 Å². The molecule has 1 aromatic heterocycles. The first-order chi connectivity index (χ1) is 8.74. The van der Waals surface area contributed by atoms with Crippen molar-refractivity contribution in [1.29, 1.82) is 0 Å². The Bertz CT molecular complexity index is 442. The van der Waals surface area contributed by atoms with Gasteiger partial charge in [-0.3, -0.25) is 4.79 Å². The maximum absolute atomic E-state index is 12.3. The monoisotopic (exact) mass is 248 g/mol. The Morgan fingerprint density at radius 2 is 2.17 bits per heavy atom. The Morgan fingerprint density at radius 3 is 2.78 bits per heavy atom. The van der Waals surface area contributed by atoms with Gasteiger partial charge in [0.25, 0.3) is 5.91 Å². The average Bonchev–Trinajstić information content (AvgIpc) is 2.93. The summed E-state index contributed by atoms with van der Waals surface area (Å²) >= 11 is 0. The van der Waals surface area contributed by atoms with Crippen LogP contribution in [0.4, 0.5) is 0 Å². The van der Waals surface area contributed by atoms with Gasteiger partial charge in [0.05, 0.1) is 12.1 Å². The van der Waals surface area contributed by atoms with Crippen molar-refractivity contribution in [3.8, 4) is 0 Å². The molecular formula is C14H20N2O2. The van der Waals surface area contributed by atoms with E-state index in [4.69, 9.17) is 0 Å². The van der Waals surface area contributed by atoms with Crippen LogP contribution in [-0.4, -0.2) is 27.7 Å². The molecule has 0 bridgehead atoms. The first-order valence-electron chi connectivity index (χ1n) is 6.84. The molecule has 2 saturated carbocycles. The van der Waals surface area contributed by atoms with Crippen LogP contribution < -0.4 is 5.32 Å². The van der Waals surface area contributed by atoms with Crippen molar-refractivity contribution in [2.24, 2.45) is 0 Å². The molecule has 0 aliphatic heterocycles. The lowest BCUT2D eigenvalue weighted by Crippen LogP contribution is -2.49. The van der Waals surface area contributed by atoms with Gasteiger partial charge in [0, 0.05) is 12.2 Å². The summed E-state index contributed by atoms with van der Waals surface area (Å²) in [5.74, 6) is -0.0390. The zero-order valence-electron chi connectivity index (χ0n) is 10.6. The van der Waals surface area contributed by atoms with Gasteiger partial charge in [-0.1, -0.05) is 12.8 Å². The van der Waals surface area contributed by atoms with Crippen LogP contribution in [0.2, 0.25) is 0 Å². The van der Waals surface area contributed by atoms with Gasteiger partial charge in [-0.2, -0.15) is 0 Å². The standard InChI is InChI=1S/C14H20N2O2/c17-10-14(7-1-2-8-14)15-13(18)12-4-3-9-16(12)11-5-6-11/h3-4,9,11,17H,1-2,5-8,10H2,(H,15,18). The van der Waals surface area contributed by atoms with Gasteiger partial charge in [0.15, 0.2) is 0 Å². The lowest BCUT2D eigenvalue weighted by molar-refractivity contribution is 0.0829. The highest BCUT2D eigenvalue weighted by Gasteiger charge is 2.36. The molecule has 98 valence electrons. The number of carbonyl (C=O) groups excluding carboxylic acids is 1. The molecule has 0 spiro atoms. The van der Waals surface area contributed by atoms with E-state index in [-0.39, 0.29) is 18.1 Å². The van der Waals surface area contributed by atoms with Gasteiger partial charge < -0.3 is 15.0 Å². The number of hydrogen-bond donors (Lipinski definition) is 2. The zero-order chi connectivity index (χ0) is 12.6. The minimum Gasteiger partial charge on any atom is -0.394 e. The second kappa shape index (κ2) is 4.43. The first-order valence-corrected chi connectivity index (χ1v) is 6.84. The Balaban J connectivity index is 1.75. The maximum atomic E-state index is 12.3. The predicted octanol–water partition coefficient (Wildman–Crippen LogP) is 1.86. The molecule has 0 atom stereocenters. The summed E-state index contributed by atoms with van der Waals surface area (Å²) in [6, 6.07) is 4.30. The molecule has 4 heteroatoms. The number of nitrogens with one attached hydrogen (secondary N) is 1. The highest BCUT2D eigenvalue weighted by atomic mass is 16.3. The minimum atomic E-state index is -0.379. The lowest BCUT2D eigenvalue weighted by Gasteiger charge is -2.28. The van der Waals surface area contributed by atoms with Crippen LogP contribution in [0.25, 0.3) is 0 Å². The molecule has 1 aromatic rings. The maximum Gasteiger partial charge on any atom is 0.268 e. The number of aliphatic hydroxyl groups is 1. The van der Waals surface area contributed by atoms with Crippen molar-refractivity contribution >= 4 is 5.91 Å². The average molecular weight is 248 g/mol. The molecule has 2 aliphatic rings. The summed E-state index contributed by atoms with van der Waals surface area (Å²) in [5, 5.41) is 12.6. The molecule has 1 amide bonds. The first kappa shape index (κ1) is 11.8. The Morgan fingerprint density at radius 1 is 1.44 bits per heavy atom. The number of rotatable bonds is 4. The third-order valence-corrected chi connectivity index (χ3v) is 4.19. The third-order valence-electron chi connectivity index (χ3n) is 4.19. The molecule has 1 heterocycles. The molecule has 4 nitrogen and oxygen atoms in total. The van der Waals surface area contributed by atoms with Crippen LogP contribution in [0, 0.1) is 0 Å². The van der Waals surface area contributed by atoms with E-state index in [0.29, 0.717) is 6.04 Å². The van der Waals surface area contributed by atoms with E-state index in [1.54, 1.807) is 0 Å². The smallest absolute Gasteiger partial charge is 0.268 e. The Labute approximate surface area is 107 Å². The molecule has 0 aromatic carbocycles. The summed E-state index contributed by atoms with van der Waals surface area (Å²) in [4.78, 5) is 12.3. The van der Waals surface area contributed by atoms with Crippen molar-refractivity contribution in [3.63, 3.8) is 0 Å². The van der Waals surface area contributed by atoms with Crippen LogP contribution >= 0.6 is 0 Å². The van der Waals surface area contributed by atoms with E-state index < -0.39 is 0 Å². The van der Waals surface area contributed by atoms with Crippen molar-refractivity contribution < 1.29 is 9.90 Å². The van der Waals surface area contributed by atoms with E-state index in [0.717, 1.165) is 31.4 Å². The fourth-order valence-corrected chi connectivity index (χ4v) is 2.94. The molecule has 0 radical (unpaired) electrons. The summed E-state index contributed by atoms with van der Waals surface area (Å²) in [6.45, 7) is 0.0445. The van der Waals surface area contributed by atoms with Crippen LogP contribution in [0.3, 0.4) is 0 Å². The lowest BCUT2D eigenvalue weighted by atomic mass is 9.99. The number of nitrogens with zero attached hydrogens (tertiary/aromatic N) is 1. The normalized spacial score (nSPS) is 22.1. The van der Waals surface area contributed by atoms with Crippen LogP contribution in [0.5, 0.6) is 0 Å². The van der Waals surface area contributed by atoms with Crippen LogP contribution in [0.1, 0.15) is 55.1 Å². The topological polar surface area (TPSA) is 54.3 Å². The number of aromatic nitrogens is 1. The fraction of sp³-hybridized carbons (Fsp3) is 0.643. The van der Waals surface area contributed by atoms with Crippen molar-refractivity contribution in [1.82, 2.24) is 9.88 Å². The molecule has 2 fully saturated rings. The fourth-order valence-electron chi connectivity index (χ4n) is 2.94. The third kappa shape index (κ3) is 2.05. The van der Waals surface area contributed by atoms with E-state index in [2.05, 4.69) is 9.88 Å². The van der Waals surface area contributed by atoms with Crippen molar-refractivity contribution in [2.75, 3.05) is 6.61 Å². The Kier molecular flexibility index (Phi) is 2.90. The molecule has 2 N–H and O–H groups in total. The number of hydrogen-bond acceptors (Lipinski definition) is 2. The van der Waals surface area contributed by atoms with Crippen LogP contribution in [0.15, 0.2) is 18.3 Å². The van der Waals surface area contributed by atoms with E-state index >= 15 is 0 Å². The molecule has 3 rings (SSSR count).